The number of ether oxygens (including phenoxy) is 1. The fourth-order valence-electron chi connectivity index (χ4n) is 2.12. The number of aromatic nitrogens is 3. The summed E-state index contributed by atoms with van der Waals surface area (Å²) in [6.45, 7) is -0.0276. The third kappa shape index (κ3) is 4.14. The lowest BCUT2D eigenvalue weighted by Gasteiger charge is -2.09. The van der Waals surface area contributed by atoms with Crippen molar-refractivity contribution in [3.63, 3.8) is 0 Å². The van der Waals surface area contributed by atoms with Crippen molar-refractivity contribution in [2.45, 2.75) is 16.5 Å². The molecule has 9 heteroatoms. The Labute approximate surface area is 158 Å². The van der Waals surface area contributed by atoms with Crippen LogP contribution in [0.2, 0.25) is 5.02 Å². The normalized spacial score (nSPS) is 10.6. The molecule has 0 aliphatic heterocycles. The van der Waals surface area contributed by atoms with E-state index in [1.807, 2.05) is 12.1 Å². The first-order valence-corrected chi connectivity index (χ1v) is 8.73. The summed E-state index contributed by atoms with van der Waals surface area (Å²) in [7, 11) is 1.47. The molecule has 6 nitrogen and oxygen atoms in total. The van der Waals surface area contributed by atoms with Gasteiger partial charge in [-0.1, -0.05) is 29.4 Å². The molecular formula is C17H14ClFN4O2S. The van der Waals surface area contributed by atoms with E-state index in [0.29, 0.717) is 16.4 Å². The molecule has 0 bridgehead atoms. The highest BCUT2D eigenvalue weighted by Crippen LogP contribution is 2.32. The number of nitrogens with zero attached hydrogens (tertiary/aromatic N) is 3. The molecule has 0 saturated carbocycles. The number of hydrogen-bond donors (Lipinski definition) is 1. The second-order valence-corrected chi connectivity index (χ2v) is 6.55. The largest absolute Gasteiger partial charge is 0.443 e. The van der Waals surface area contributed by atoms with Gasteiger partial charge in [-0.05, 0) is 30.3 Å². The fourth-order valence-corrected chi connectivity index (χ4v) is 3.25. The lowest BCUT2D eigenvalue weighted by atomic mass is 10.3. The smallest absolute Gasteiger partial charge is 0.407 e. The van der Waals surface area contributed by atoms with E-state index in [0.717, 1.165) is 4.90 Å². The lowest BCUT2D eigenvalue weighted by molar-refractivity contribution is 0.140. The van der Waals surface area contributed by atoms with Crippen LogP contribution in [0, 0.1) is 5.82 Å². The Balaban J connectivity index is 1.98. The van der Waals surface area contributed by atoms with Crippen molar-refractivity contribution in [2.24, 2.45) is 0 Å². The Morgan fingerprint density at radius 2 is 2.23 bits per heavy atom. The van der Waals surface area contributed by atoms with E-state index >= 15 is 0 Å². The molecule has 26 heavy (non-hydrogen) atoms. The van der Waals surface area contributed by atoms with Crippen LogP contribution in [0.15, 0.2) is 58.7 Å². The Bertz CT molecular complexity index is 920. The second kappa shape index (κ2) is 8.20. The van der Waals surface area contributed by atoms with Crippen molar-refractivity contribution in [3.8, 4) is 5.69 Å². The summed E-state index contributed by atoms with van der Waals surface area (Å²) < 4.78 is 20.4. The van der Waals surface area contributed by atoms with Gasteiger partial charge in [0.25, 0.3) is 0 Å². The highest BCUT2D eigenvalue weighted by Gasteiger charge is 2.16. The summed E-state index contributed by atoms with van der Waals surface area (Å²) in [6.07, 6.45) is 2.81. The van der Waals surface area contributed by atoms with E-state index in [1.54, 1.807) is 30.6 Å². The molecule has 0 atom stereocenters. The molecule has 1 amide bonds. The van der Waals surface area contributed by atoms with E-state index in [4.69, 9.17) is 16.3 Å². The molecule has 0 aliphatic carbocycles. The molecule has 134 valence electrons. The van der Waals surface area contributed by atoms with Crippen LogP contribution >= 0.6 is 23.4 Å². The van der Waals surface area contributed by atoms with E-state index in [2.05, 4.69) is 15.4 Å². The number of pyridine rings is 1. The summed E-state index contributed by atoms with van der Waals surface area (Å²) in [5.74, 6) is -0.542. The van der Waals surface area contributed by atoms with Crippen molar-refractivity contribution >= 4 is 29.5 Å². The molecule has 1 aromatic carbocycles. The zero-order valence-corrected chi connectivity index (χ0v) is 15.2. The molecule has 0 fully saturated rings. The number of hydrogen-bond acceptors (Lipinski definition) is 5. The number of alkyl carbamates (subject to hydrolysis) is 1. The number of carbonyl (C=O) groups is 1. The predicted molar refractivity (Wildman–Crippen MR) is 96.1 cm³/mol. The number of benzene rings is 1. The SMILES string of the molecule is CNC(=O)OCc1cc(Sc2cccnc2)n(-c2cccc(F)c2Cl)n1. The molecule has 0 radical (unpaired) electrons. The van der Waals surface area contributed by atoms with Crippen molar-refractivity contribution in [1.82, 2.24) is 20.1 Å². The molecule has 2 heterocycles. The van der Waals surface area contributed by atoms with E-state index < -0.39 is 11.9 Å². The summed E-state index contributed by atoms with van der Waals surface area (Å²) in [4.78, 5) is 16.2. The lowest BCUT2D eigenvalue weighted by Crippen LogP contribution is -2.19. The molecule has 0 aliphatic rings. The Morgan fingerprint density at radius 1 is 1.38 bits per heavy atom. The molecule has 0 unspecified atom stereocenters. The van der Waals surface area contributed by atoms with E-state index in [9.17, 15) is 9.18 Å². The predicted octanol–water partition coefficient (Wildman–Crippen LogP) is 4.07. The number of carbonyl (C=O) groups excluding carboxylic acids is 1. The maximum absolute atomic E-state index is 13.9. The van der Waals surface area contributed by atoms with E-state index in [-0.39, 0.29) is 11.6 Å². The summed E-state index contributed by atoms with van der Waals surface area (Å²) in [6, 6.07) is 9.95. The van der Waals surface area contributed by atoms with Gasteiger partial charge in [0.1, 0.15) is 28.2 Å². The molecule has 0 spiro atoms. The maximum atomic E-state index is 13.9. The van der Waals surface area contributed by atoms with Crippen LogP contribution in [-0.4, -0.2) is 27.9 Å². The second-order valence-electron chi connectivity index (χ2n) is 5.08. The van der Waals surface area contributed by atoms with Crippen LogP contribution in [0.3, 0.4) is 0 Å². The Morgan fingerprint density at radius 3 is 2.96 bits per heavy atom. The average molecular weight is 393 g/mol. The molecule has 2 aromatic heterocycles. The molecule has 0 saturated heterocycles. The van der Waals surface area contributed by atoms with Gasteiger partial charge in [0, 0.05) is 24.3 Å². The van der Waals surface area contributed by atoms with Crippen molar-refractivity contribution in [2.75, 3.05) is 7.05 Å². The van der Waals surface area contributed by atoms with Crippen LogP contribution in [0.25, 0.3) is 5.69 Å². The van der Waals surface area contributed by atoms with Crippen LogP contribution in [0.1, 0.15) is 5.69 Å². The Kier molecular flexibility index (Phi) is 5.75. The molecule has 1 N–H and O–H groups in total. The van der Waals surface area contributed by atoms with Crippen LogP contribution in [0.4, 0.5) is 9.18 Å². The molecule has 3 aromatic rings. The topological polar surface area (TPSA) is 69.0 Å². The highest BCUT2D eigenvalue weighted by atomic mass is 35.5. The number of halogens is 2. The van der Waals surface area contributed by atoms with Gasteiger partial charge in [0.05, 0.1) is 5.69 Å². The number of nitrogens with one attached hydrogen (secondary N) is 1. The van der Waals surface area contributed by atoms with Gasteiger partial charge in [-0.15, -0.1) is 0 Å². The van der Waals surface area contributed by atoms with Gasteiger partial charge >= 0.3 is 6.09 Å². The zero-order valence-electron chi connectivity index (χ0n) is 13.6. The van der Waals surface area contributed by atoms with Crippen LogP contribution < -0.4 is 5.32 Å². The van der Waals surface area contributed by atoms with Crippen molar-refractivity contribution in [1.29, 1.82) is 0 Å². The third-order valence-electron chi connectivity index (χ3n) is 3.30. The third-order valence-corrected chi connectivity index (χ3v) is 4.65. The van der Waals surface area contributed by atoms with Crippen molar-refractivity contribution in [3.05, 3.63) is 65.3 Å². The quantitative estimate of drug-likeness (QED) is 0.708. The summed E-state index contributed by atoms with van der Waals surface area (Å²) in [5, 5.41) is 7.41. The molecule has 3 rings (SSSR count). The minimum Gasteiger partial charge on any atom is -0.443 e. The maximum Gasteiger partial charge on any atom is 0.407 e. The van der Waals surface area contributed by atoms with Gasteiger partial charge in [-0.3, -0.25) is 4.98 Å². The first-order chi connectivity index (χ1) is 12.6. The fraction of sp³-hybridized carbons (Fsp3) is 0.118. The van der Waals surface area contributed by atoms with Gasteiger partial charge < -0.3 is 10.1 Å². The summed E-state index contributed by atoms with van der Waals surface area (Å²) >= 11 is 7.49. The van der Waals surface area contributed by atoms with Crippen LogP contribution in [-0.2, 0) is 11.3 Å². The standard InChI is InChI=1S/C17H14ClFN4O2S/c1-20-17(24)25-10-11-8-15(26-12-4-3-7-21-9-12)23(22-11)14-6-2-5-13(19)16(14)18/h2-9H,10H2,1H3,(H,20,24). The summed E-state index contributed by atoms with van der Waals surface area (Å²) in [5.41, 5.74) is 0.893. The first kappa shape index (κ1) is 18.2. The van der Waals surface area contributed by atoms with Gasteiger partial charge in [0.2, 0.25) is 0 Å². The minimum atomic E-state index is -0.565. The Hall–Kier alpha value is -2.58. The minimum absolute atomic E-state index is 0.0276. The van der Waals surface area contributed by atoms with Crippen molar-refractivity contribution < 1.29 is 13.9 Å². The van der Waals surface area contributed by atoms with Crippen LogP contribution in [0.5, 0.6) is 0 Å². The first-order valence-electron chi connectivity index (χ1n) is 7.54. The van der Waals surface area contributed by atoms with Gasteiger partial charge in [-0.2, -0.15) is 5.10 Å². The highest BCUT2D eigenvalue weighted by molar-refractivity contribution is 7.99. The van der Waals surface area contributed by atoms with Gasteiger partial charge in [-0.25, -0.2) is 13.9 Å². The number of amides is 1. The van der Waals surface area contributed by atoms with Gasteiger partial charge in [0.15, 0.2) is 0 Å². The average Bonchev–Trinajstić information content (AvgIpc) is 3.05. The monoisotopic (exact) mass is 392 g/mol. The molecular weight excluding hydrogens is 379 g/mol. The zero-order chi connectivity index (χ0) is 18.5. The van der Waals surface area contributed by atoms with E-state index in [1.165, 1.54) is 29.6 Å². The number of rotatable bonds is 5.